The van der Waals surface area contributed by atoms with E-state index >= 15 is 0 Å². The molecule has 104 valence electrons. The third-order valence-electron chi connectivity index (χ3n) is 2.40. The predicted octanol–water partition coefficient (Wildman–Crippen LogP) is 2.46. The van der Waals surface area contributed by atoms with E-state index < -0.39 is 12.0 Å². The van der Waals surface area contributed by atoms with Gasteiger partial charge in [-0.05, 0) is 28.1 Å². The third-order valence-corrected chi connectivity index (χ3v) is 3.06. The van der Waals surface area contributed by atoms with Crippen LogP contribution >= 0.6 is 15.9 Å². The Hall–Kier alpha value is -2.35. The summed E-state index contributed by atoms with van der Waals surface area (Å²) in [5, 5.41) is 17.6. The number of amides is 2. The van der Waals surface area contributed by atoms with Gasteiger partial charge in [-0.1, -0.05) is 11.2 Å². The van der Waals surface area contributed by atoms with Crippen LogP contribution in [0.1, 0.15) is 16.1 Å². The number of rotatable bonds is 4. The number of aromatic carboxylic acids is 1. The van der Waals surface area contributed by atoms with Gasteiger partial charge in [-0.15, -0.1) is 0 Å². The summed E-state index contributed by atoms with van der Waals surface area (Å²) in [6.07, 6.45) is 1.46. The largest absolute Gasteiger partial charge is 0.478 e. The molecular formula is C12H10BrN3O4. The van der Waals surface area contributed by atoms with E-state index in [0.29, 0.717) is 10.2 Å². The molecule has 2 amide bonds. The minimum atomic E-state index is -1.13. The van der Waals surface area contributed by atoms with Gasteiger partial charge in [0, 0.05) is 10.5 Å². The molecule has 2 aromatic rings. The summed E-state index contributed by atoms with van der Waals surface area (Å²) < 4.78 is 5.30. The minimum Gasteiger partial charge on any atom is -0.478 e. The molecule has 0 aliphatic rings. The van der Waals surface area contributed by atoms with Gasteiger partial charge in [0.15, 0.2) is 5.76 Å². The van der Waals surface area contributed by atoms with Crippen LogP contribution in [0.4, 0.5) is 10.5 Å². The van der Waals surface area contributed by atoms with Crippen molar-refractivity contribution in [3.05, 3.63) is 46.3 Å². The molecule has 0 fully saturated rings. The van der Waals surface area contributed by atoms with Gasteiger partial charge >= 0.3 is 12.0 Å². The summed E-state index contributed by atoms with van der Waals surface area (Å²) in [4.78, 5) is 22.8. The number of anilines is 1. The smallest absolute Gasteiger partial charge is 0.337 e. The SMILES string of the molecule is O=C(NCc1ccno1)Nc1c(Br)cccc1C(=O)O. The molecule has 1 aromatic carbocycles. The maximum Gasteiger partial charge on any atom is 0.337 e. The predicted molar refractivity (Wildman–Crippen MR) is 73.5 cm³/mol. The molecule has 7 nitrogen and oxygen atoms in total. The van der Waals surface area contributed by atoms with Crippen LogP contribution in [0.2, 0.25) is 0 Å². The first kappa shape index (κ1) is 14.1. The Kier molecular flexibility index (Phi) is 4.36. The van der Waals surface area contributed by atoms with Crippen molar-refractivity contribution >= 4 is 33.6 Å². The number of aromatic nitrogens is 1. The van der Waals surface area contributed by atoms with E-state index in [2.05, 4.69) is 31.7 Å². The molecule has 0 spiro atoms. The number of urea groups is 1. The highest BCUT2D eigenvalue weighted by molar-refractivity contribution is 9.10. The highest BCUT2D eigenvalue weighted by Gasteiger charge is 2.15. The summed E-state index contributed by atoms with van der Waals surface area (Å²) in [5.41, 5.74) is 0.185. The lowest BCUT2D eigenvalue weighted by Gasteiger charge is -2.10. The molecule has 3 N–H and O–H groups in total. The maximum absolute atomic E-state index is 11.7. The lowest BCUT2D eigenvalue weighted by atomic mass is 10.2. The van der Waals surface area contributed by atoms with E-state index in [4.69, 9.17) is 9.63 Å². The standard InChI is InChI=1S/C12H10BrN3O4/c13-9-3-1-2-8(11(17)18)10(9)16-12(19)14-6-7-4-5-15-20-7/h1-5H,6H2,(H,17,18)(H2,14,16,19). The molecule has 20 heavy (non-hydrogen) atoms. The zero-order valence-corrected chi connectivity index (χ0v) is 11.7. The van der Waals surface area contributed by atoms with Crippen molar-refractivity contribution in [3.8, 4) is 0 Å². The van der Waals surface area contributed by atoms with Crippen LogP contribution in [0.5, 0.6) is 0 Å². The quantitative estimate of drug-likeness (QED) is 0.793. The molecule has 0 saturated heterocycles. The zero-order chi connectivity index (χ0) is 14.5. The fourth-order valence-electron chi connectivity index (χ4n) is 1.49. The number of carboxylic acid groups (broad SMARTS) is 1. The van der Waals surface area contributed by atoms with Crippen molar-refractivity contribution in [2.45, 2.75) is 6.54 Å². The number of hydrogen-bond donors (Lipinski definition) is 3. The van der Waals surface area contributed by atoms with Crippen LogP contribution in [-0.4, -0.2) is 22.3 Å². The topological polar surface area (TPSA) is 104 Å². The lowest BCUT2D eigenvalue weighted by Crippen LogP contribution is -2.29. The van der Waals surface area contributed by atoms with Gasteiger partial charge in [0.05, 0.1) is 24.0 Å². The van der Waals surface area contributed by atoms with Crippen molar-refractivity contribution in [1.82, 2.24) is 10.5 Å². The minimum absolute atomic E-state index is 0.00538. The summed E-state index contributed by atoms with van der Waals surface area (Å²) in [5.74, 6) is -0.637. The van der Waals surface area contributed by atoms with Crippen LogP contribution in [0.3, 0.4) is 0 Å². The number of hydrogen-bond acceptors (Lipinski definition) is 4. The Labute approximate surface area is 122 Å². The first-order chi connectivity index (χ1) is 9.58. The van der Waals surface area contributed by atoms with Crippen molar-refractivity contribution < 1.29 is 19.2 Å². The van der Waals surface area contributed by atoms with E-state index in [-0.39, 0.29) is 17.8 Å². The molecule has 1 aromatic heterocycles. The van der Waals surface area contributed by atoms with E-state index in [1.165, 1.54) is 12.3 Å². The summed E-state index contributed by atoms with van der Waals surface area (Å²) in [7, 11) is 0. The Morgan fingerprint density at radius 3 is 2.80 bits per heavy atom. The van der Waals surface area contributed by atoms with Gasteiger partial charge < -0.3 is 20.3 Å². The highest BCUT2D eigenvalue weighted by atomic mass is 79.9. The number of nitrogens with zero attached hydrogens (tertiary/aromatic N) is 1. The second-order valence-corrected chi connectivity index (χ2v) is 4.61. The summed E-state index contributed by atoms with van der Waals surface area (Å²) >= 11 is 3.20. The Morgan fingerprint density at radius 2 is 2.15 bits per heavy atom. The fourth-order valence-corrected chi connectivity index (χ4v) is 1.95. The third kappa shape index (κ3) is 3.35. The van der Waals surface area contributed by atoms with Crippen molar-refractivity contribution in [2.24, 2.45) is 0 Å². The van der Waals surface area contributed by atoms with Gasteiger partial charge in [0.25, 0.3) is 0 Å². The maximum atomic E-state index is 11.7. The van der Waals surface area contributed by atoms with E-state index in [0.717, 1.165) is 0 Å². The van der Waals surface area contributed by atoms with Gasteiger partial charge in [-0.2, -0.15) is 0 Å². The Balaban J connectivity index is 2.06. The van der Waals surface area contributed by atoms with Gasteiger partial charge in [-0.25, -0.2) is 9.59 Å². The molecule has 0 aliphatic carbocycles. The van der Waals surface area contributed by atoms with E-state index in [1.54, 1.807) is 18.2 Å². The molecule has 0 unspecified atom stereocenters. The molecule has 2 rings (SSSR count). The summed E-state index contributed by atoms with van der Waals surface area (Å²) in [6.45, 7) is 0.151. The normalized spacial score (nSPS) is 10.1. The zero-order valence-electron chi connectivity index (χ0n) is 10.1. The van der Waals surface area contributed by atoms with Crippen LogP contribution in [0.15, 0.2) is 39.5 Å². The van der Waals surface area contributed by atoms with Gasteiger partial charge in [-0.3, -0.25) is 0 Å². The molecule has 1 heterocycles. The number of benzene rings is 1. The van der Waals surface area contributed by atoms with Crippen LogP contribution < -0.4 is 10.6 Å². The lowest BCUT2D eigenvalue weighted by molar-refractivity contribution is 0.0698. The average molecular weight is 340 g/mol. The summed E-state index contributed by atoms with van der Waals surface area (Å²) in [6, 6.07) is 5.68. The molecule has 0 radical (unpaired) electrons. The van der Waals surface area contributed by atoms with Crippen LogP contribution in [0.25, 0.3) is 0 Å². The Bertz CT molecular complexity index is 628. The van der Waals surface area contributed by atoms with Crippen molar-refractivity contribution in [3.63, 3.8) is 0 Å². The van der Waals surface area contributed by atoms with E-state index in [1.807, 2.05) is 0 Å². The molecule has 8 heteroatoms. The van der Waals surface area contributed by atoms with Crippen molar-refractivity contribution in [2.75, 3.05) is 5.32 Å². The number of nitrogens with one attached hydrogen (secondary N) is 2. The van der Waals surface area contributed by atoms with Gasteiger partial charge in [0.1, 0.15) is 0 Å². The molecule has 0 aliphatic heterocycles. The molecular weight excluding hydrogens is 330 g/mol. The Morgan fingerprint density at radius 1 is 1.35 bits per heavy atom. The molecule has 0 saturated carbocycles. The van der Waals surface area contributed by atoms with E-state index in [9.17, 15) is 9.59 Å². The second kappa shape index (κ2) is 6.20. The number of carboxylic acids is 1. The highest BCUT2D eigenvalue weighted by Crippen LogP contribution is 2.26. The number of carbonyl (C=O) groups is 2. The van der Waals surface area contributed by atoms with Crippen LogP contribution in [-0.2, 0) is 6.54 Å². The fraction of sp³-hybridized carbons (Fsp3) is 0.0833. The van der Waals surface area contributed by atoms with Crippen LogP contribution in [0, 0.1) is 0 Å². The second-order valence-electron chi connectivity index (χ2n) is 3.75. The first-order valence-corrected chi connectivity index (χ1v) is 6.33. The average Bonchev–Trinajstić information content (AvgIpc) is 2.91. The number of carbonyl (C=O) groups excluding carboxylic acids is 1. The number of halogens is 1. The molecule has 0 bridgehead atoms. The first-order valence-electron chi connectivity index (χ1n) is 5.54. The monoisotopic (exact) mass is 339 g/mol. The molecule has 0 atom stereocenters. The van der Waals surface area contributed by atoms with Crippen molar-refractivity contribution in [1.29, 1.82) is 0 Å². The number of para-hydroxylation sites is 1. The van der Waals surface area contributed by atoms with Gasteiger partial charge in [0.2, 0.25) is 0 Å².